The minimum Gasteiger partial charge on any atom is -0.330 e. The minimum absolute atomic E-state index is 0.858. The van der Waals surface area contributed by atoms with Gasteiger partial charge in [-0.2, -0.15) is 0 Å². The summed E-state index contributed by atoms with van der Waals surface area (Å²) < 4.78 is 0. The largest absolute Gasteiger partial charge is 0.330 e. The first-order valence-electron chi connectivity index (χ1n) is 6.90. The molecule has 2 N–H and O–H groups in total. The highest BCUT2D eigenvalue weighted by Gasteiger charge is 2.04. The van der Waals surface area contributed by atoms with Gasteiger partial charge < -0.3 is 5.73 Å². The van der Waals surface area contributed by atoms with E-state index in [0.717, 1.165) is 18.4 Å². The van der Waals surface area contributed by atoms with Crippen LogP contribution in [0.25, 0.3) is 0 Å². The van der Waals surface area contributed by atoms with Crippen LogP contribution in [0.5, 0.6) is 0 Å². The van der Waals surface area contributed by atoms with Crippen molar-refractivity contribution >= 4 is 0 Å². The highest BCUT2D eigenvalue weighted by Crippen LogP contribution is 2.19. The standard InChI is InChI=1S/C14H31N/c1-4-5-8-13(2)9-6-10-14(3)11-7-12-15/h13-14H,4-12,15H2,1-3H3. The summed E-state index contributed by atoms with van der Waals surface area (Å²) >= 11 is 0. The van der Waals surface area contributed by atoms with E-state index in [0.29, 0.717) is 0 Å². The first-order chi connectivity index (χ1) is 7.20. The van der Waals surface area contributed by atoms with Crippen LogP contribution in [0.4, 0.5) is 0 Å². The van der Waals surface area contributed by atoms with Crippen LogP contribution >= 0.6 is 0 Å². The summed E-state index contributed by atoms with van der Waals surface area (Å²) in [6.07, 6.45) is 10.9. The van der Waals surface area contributed by atoms with Gasteiger partial charge >= 0.3 is 0 Å². The molecule has 15 heavy (non-hydrogen) atoms. The second-order valence-electron chi connectivity index (χ2n) is 5.21. The normalized spacial score (nSPS) is 15.2. The predicted octanol–water partition coefficient (Wildman–Crippen LogP) is 4.36. The van der Waals surface area contributed by atoms with Crippen LogP contribution in [0.15, 0.2) is 0 Å². The Morgan fingerprint density at radius 3 is 1.73 bits per heavy atom. The van der Waals surface area contributed by atoms with Gasteiger partial charge in [0.25, 0.3) is 0 Å². The molecule has 2 atom stereocenters. The Labute approximate surface area is 96.8 Å². The molecule has 2 unspecified atom stereocenters. The molecule has 1 nitrogen and oxygen atoms in total. The van der Waals surface area contributed by atoms with E-state index in [4.69, 9.17) is 5.73 Å². The van der Waals surface area contributed by atoms with Gasteiger partial charge in [0.1, 0.15) is 0 Å². The van der Waals surface area contributed by atoms with Gasteiger partial charge in [-0.25, -0.2) is 0 Å². The fourth-order valence-electron chi connectivity index (χ4n) is 2.12. The number of rotatable bonds is 10. The summed E-state index contributed by atoms with van der Waals surface area (Å²) in [5, 5.41) is 0. The van der Waals surface area contributed by atoms with Gasteiger partial charge in [0.05, 0.1) is 0 Å². The molecular weight excluding hydrogens is 182 g/mol. The molecule has 0 radical (unpaired) electrons. The highest BCUT2D eigenvalue weighted by atomic mass is 14.5. The average molecular weight is 213 g/mol. The van der Waals surface area contributed by atoms with E-state index in [9.17, 15) is 0 Å². The molecule has 0 aromatic heterocycles. The Hall–Kier alpha value is -0.0400. The van der Waals surface area contributed by atoms with Crippen molar-refractivity contribution in [2.75, 3.05) is 6.54 Å². The number of nitrogens with two attached hydrogens (primary N) is 1. The van der Waals surface area contributed by atoms with Crippen LogP contribution in [0.3, 0.4) is 0 Å². The monoisotopic (exact) mass is 213 g/mol. The molecule has 92 valence electrons. The maximum atomic E-state index is 5.51. The zero-order chi connectivity index (χ0) is 11.5. The van der Waals surface area contributed by atoms with Crippen LogP contribution in [0.1, 0.15) is 72.1 Å². The maximum absolute atomic E-state index is 5.51. The molecular formula is C14H31N. The third-order valence-electron chi connectivity index (χ3n) is 3.35. The lowest BCUT2D eigenvalue weighted by atomic mass is 9.93. The van der Waals surface area contributed by atoms with E-state index < -0.39 is 0 Å². The topological polar surface area (TPSA) is 26.0 Å². The number of unbranched alkanes of at least 4 members (excludes halogenated alkanes) is 1. The molecule has 0 bridgehead atoms. The quantitative estimate of drug-likeness (QED) is 0.573. The molecule has 0 fully saturated rings. The Morgan fingerprint density at radius 1 is 0.800 bits per heavy atom. The van der Waals surface area contributed by atoms with Crippen LogP contribution in [-0.4, -0.2) is 6.54 Å². The van der Waals surface area contributed by atoms with Crippen molar-refractivity contribution < 1.29 is 0 Å². The van der Waals surface area contributed by atoms with E-state index >= 15 is 0 Å². The predicted molar refractivity (Wildman–Crippen MR) is 70.0 cm³/mol. The van der Waals surface area contributed by atoms with Crippen molar-refractivity contribution in [2.45, 2.75) is 72.1 Å². The van der Waals surface area contributed by atoms with E-state index in [2.05, 4.69) is 20.8 Å². The second-order valence-corrected chi connectivity index (χ2v) is 5.21. The molecule has 0 rings (SSSR count). The molecule has 0 spiro atoms. The van der Waals surface area contributed by atoms with E-state index in [1.54, 1.807) is 0 Å². The van der Waals surface area contributed by atoms with Gasteiger partial charge in [-0.15, -0.1) is 0 Å². The van der Waals surface area contributed by atoms with E-state index in [1.165, 1.54) is 51.4 Å². The lowest BCUT2D eigenvalue weighted by Gasteiger charge is -2.13. The second kappa shape index (κ2) is 10.5. The van der Waals surface area contributed by atoms with Gasteiger partial charge in [0.15, 0.2) is 0 Å². The fraction of sp³-hybridized carbons (Fsp3) is 1.00. The minimum atomic E-state index is 0.858. The number of hydrogen-bond donors (Lipinski definition) is 1. The van der Waals surface area contributed by atoms with Crippen molar-refractivity contribution in [1.29, 1.82) is 0 Å². The molecule has 0 saturated carbocycles. The van der Waals surface area contributed by atoms with Gasteiger partial charge in [0, 0.05) is 0 Å². The highest BCUT2D eigenvalue weighted by molar-refractivity contribution is 4.58. The molecule has 0 saturated heterocycles. The fourth-order valence-corrected chi connectivity index (χ4v) is 2.12. The third-order valence-corrected chi connectivity index (χ3v) is 3.35. The van der Waals surface area contributed by atoms with Crippen LogP contribution in [0.2, 0.25) is 0 Å². The summed E-state index contributed by atoms with van der Waals surface area (Å²) in [4.78, 5) is 0. The molecule has 0 aliphatic heterocycles. The van der Waals surface area contributed by atoms with Crippen molar-refractivity contribution in [1.82, 2.24) is 0 Å². The first-order valence-corrected chi connectivity index (χ1v) is 6.90. The Bertz CT molecular complexity index is 109. The van der Waals surface area contributed by atoms with Crippen LogP contribution < -0.4 is 5.73 Å². The summed E-state index contributed by atoms with van der Waals surface area (Å²) in [6, 6.07) is 0. The van der Waals surface area contributed by atoms with Crippen molar-refractivity contribution in [3.63, 3.8) is 0 Å². The van der Waals surface area contributed by atoms with E-state index in [-0.39, 0.29) is 0 Å². The Balaban J connectivity index is 3.27. The SMILES string of the molecule is CCCCC(C)CCCC(C)CCCN. The van der Waals surface area contributed by atoms with Gasteiger partial charge in [-0.1, -0.05) is 59.3 Å². The van der Waals surface area contributed by atoms with Gasteiger partial charge in [0.2, 0.25) is 0 Å². The zero-order valence-corrected chi connectivity index (χ0v) is 11.1. The molecule has 1 heteroatoms. The summed E-state index contributed by atoms with van der Waals surface area (Å²) in [7, 11) is 0. The van der Waals surface area contributed by atoms with E-state index in [1.807, 2.05) is 0 Å². The van der Waals surface area contributed by atoms with Crippen LogP contribution in [-0.2, 0) is 0 Å². The van der Waals surface area contributed by atoms with Gasteiger partial charge in [-0.3, -0.25) is 0 Å². The maximum Gasteiger partial charge on any atom is -0.00772 e. The molecule has 0 amide bonds. The number of hydrogen-bond acceptors (Lipinski definition) is 1. The molecule has 0 aliphatic carbocycles. The Kier molecular flexibility index (Phi) is 10.4. The summed E-state index contributed by atoms with van der Waals surface area (Å²) in [5.41, 5.74) is 5.51. The Morgan fingerprint density at radius 2 is 1.27 bits per heavy atom. The van der Waals surface area contributed by atoms with Crippen molar-refractivity contribution in [2.24, 2.45) is 17.6 Å². The van der Waals surface area contributed by atoms with Gasteiger partial charge in [-0.05, 0) is 31.2 Å². The van der Waals surface area contributed by atoms with Crippen molar-refractivity contribution in [3.8, 4) is 0 Å². The summed E-state index contributed by atoms with van der Waals surface area (Å²) in [5.74, 6) is 1.82. The molecule has 0 heterocycles. The smallest absolute Gasteiger partial charge is 0.00772 e. The van der Waals surface area contributed by atoms with Crippen LogP contribution in [0, 0.1) is 11.8 Å². The third kappa shape index (κ3) is 10.2. The lowest BCUT2D eigenvalue weighted by molar-refractivity contribution is 0.400. The molecule has 0 aromatic rings. The average Bonchev–Trinajstić information content (AvgIpc) is 2.23. The summed E-state index contributed by atoms with van der Waals surface area (Å²) in [6.45, 7) is 7.91. The zero-order valence-electron chi connectivity index (χ0n) is 11.1. The van der Waals surface area contributed by atoms with Crippen molar-refractivity contribution in [3.05, 3.63) is 0 Å². The molecule has 0 aromatic carbocycles. The lowest BCUT2D eigenvalue weighted by Crippen LogP contribution is -2.03. The first kappa shape index (κ1) is 15.0. The molecule has 0 aliphatic rings.